The summed E-state index contributed by atoms with van der Waals surface area (Å²) in [4.78, 5) is 24.8. The van der Waals surface area contributed by atoms with Crippen molar-refractivity contribution in [3.63, 3.8) is 0 Å². The third-order valence-corrected chi connectivity index (χ3v) is 7.96. The number of benzene rings is 2. The van der Waals surface area contributed by atoms with Gasteiger partial charge in [0.15, 0.2) is 0 Å². The van der Waals surface area contributed by atoms with Crippen molar-refractivity contribution in [2.24, 2.45) is 7.05 Å². The number of pyridine rings is 1. The number of amides is 1. The molecule has 1 N–H and O–H groups in total. The maximum absolute atomic E-state index is 13.3. The Morgan fingerprint density at radius 1 is 1.05 bits per heavy atom. The van der Waals surface area contributed by atoms with E-state index in [1.165, 1.54) is 5.52 Å². The number of likely N-dealkylation sites (N-methyl/N-ethyl adjacent to an activating group) is 2. The van der Waals surface area contributed by atoms with Crippen molar-refractivity contribution in [1.29, 1.82) is 0 Å². The molecule has 1 aliphatic heterocycles. The lowest BCUT2D eigenvalue weighted by atomic mass is 10.00. The molecule has 5 rings (SSSR count). The SMILES string of the molecule is Cc1c2ccnc(C(=O)N[C@H](C)CN(C)C)c2cc2c3cc(OCCCN4CCN(C)CC4)ccc3n(C)c12. The van der Waals surface area contributed by atoms with Crippen LogP contribution in [0.1, 0.15) is 29.4 Å². The van der Waals surface area contributed by atoms with E-state index in [-0.39, 0.29) is 11.9 Å². The number of rotatable bonds is 9. The third-order valence-electron chi connectivity index (χ3n) is 7.96. The average Bonchev–Trinajstić information content (AvgIpc) is 3.18. The molecule has 0 radical (unpaired) electrons. The van der Waals surface area contributed by atoms with E-state index < -0.39 is 0 Å². The quantitative estimate of drug-likeness (QED) is 0.331. The van der Waals surface area contributed by atoms with E-state index in [4.69, 9.17) is 4.74 Å². The first-order valence-electron chi connectivity index (χ1n) is 14.0. The smallest absolute Gasteiger partial charge is 0.270 e. The third kappa shape index (κ3) is 5.73. The maximum Gasteiger partial charge on any atom is 0.270 e. The topological polar surface area (TPSA) is 65.9 Å². The first-order valence-corrected chi connectivity index (χ1v) is 14.0. The fraction of sp³-hybridized carbons (Fsp3) is 0.484. The van der Waals surface area contributed by atoms with Crippen molar-refractivity contribution >= 4 is 38.5 Å². The highest BCUT2D eigenvalue weighted by Crippen LogP contribution is 2.37. The molecule has 0 saturated carbocycles. The molecule has 1 aliphatic rings. The van der Waals surface area contributed by atoms with Crippen LogP contribution in [-0.4, -0.2) is 103 Å². The molecule has 3 heterocycles. The number of fused-ring (bicyclic) bond motifs is 4. The Morgan fingerprint density at radius 3 is 2.56 bits per heavy atom. The number of nitrogens with zero attached hydrogens (tertiary/aromatic N) is 5. The van der Waals surface area contributed by atoms with Gasteiger partial charge in [-0.25, -0.2) is 0 Å². The Hall–Kier alpha value is -3.20. The van der Waals surface area contributed by atoms with Crippen LogP contribution in [-0.2, 0) is 7.05 Å². The Bertz CT molecular complexity index is 1490. The van der Waals surface area contributed by atoms with Crippen LogP contribution in [0.3, 0.4) is 0 Å². The number of hydrogen-bond donors (Lipinski definition) is 1. The second-order valence-corrected chi connectivity index (χ2v) is 11.4. The van der Waals surface area contributed by atoms with Crippen molar-refractivity contribution < 1.29 is 9.53 Å². The molecule has 2 aromatic heterocycles. The summed E-state index contributed by atoms with van der Waals surface area (Å²) in [5.41, 5.74) is 3.93. The molecule has 0 unspecified atom stereocenters. The van der Waals surface area contributed by atoms with Gasteiger partial charge in [-0.15, -0.1) is 0 Å². The van der Waals surface area contributed by atoms with Crippen molar-refractivity contribution in [3.05, 3.63) is 47.8 Å². The van der Waals surface area contributed by atoms with Gasteiger partial charge in [0.25, 0.3) is 5.91 Å². The predicted octanol–water partition coefficient (Wildman–Crippen LogP) is 3.88. The molecular weight excluding hydrogens is 488 g/mol. The van der Waals surface area contributed by atoms with Crippen LogP contribution in [0, 0.1) is 6.92 Å². The second kappa shape index (κ2) is 11.5. The minimum absolute atomic E-state index is 0.0166. The van der Waals surface area contributed by atoms with Crippen molar-refractivity contribution in [1.82, 2.24) is 29.6 Å². The normalized spacial score (nSPS) is 16.0. The molecule has 0 spiro atoms. The van der Waals surface area contributed by atoms with Gasteiger partial charge in [0, 0.05) is 80.2 Å². The van der Waals surface area contributed by atoms with Gasteiger partial charge in [-0.05, 0) is 82.7 Å². The fourth-order valence-electron chi connectivity index (χ4n) is 5.98. The van der Waals surface area contributed by atoms with Gasteiger partial charge < -0.3 is 29.3 Å². The molecule has 0 bridgehead atoms. The van der Waals surface area contributed by atoms with Crippen LogP contribution < -0.4 is 10.1 Å². The molecule has 0 aliphatic carbocycles. The number of ether oxygens (including phenoxy) is 1. The minimum atomic E-state index is -0.140. The highest BCUT2D eigenvalue weighted by molar-refractivity contribution is 6.17. The van der Waals surface area contributed by atoms with Crippen LogP contribution in [0.2, 0.25) is 0 Å². The molecule has 1 saturated heterocycles. The number of nitrogens with one attached hydrogen (secondary N) is 1. The zero-order chi connectivity index (χ0) is 27.7. The van der Waals surface area contributed by atoms with Crippen LogP contribution in [0.15, 0.2) is 36.5 Å². The number of carbonyl (C=O) groups is 1. The first kappa shape index (κ1) is 27.4. The summed E-state index contributed by atoms with van der Waals surface area (Å²) < 4.78 is 8.46. The van der Waals surface area contributed by atoms with E-state index in [1.54, 1.807) is 6.20 Å². The number of aromatic nitrogens is 2. The number of aryl methyl sites for hydroxylation is 2. The zero-order valence-electron chi connectivity index (χ0n) is 24.3. The summed E-state index contributed by atoms with van der Waals surface area (Å²) in [6, 6.07) is 10.5. The highest BCUT2D eigenvalue weighted by atomic mass is 16.5. The molecule has 1 fully saturated rings. The lowest BCUT2D eigenvalue weighted by Gasteiger charge is -2.32. The van der Waals surface area contributed by atoms with E-state index in [0.29, 0.717) is 12.3 Å². The van der Waals surface area contributed by atoms with Gasteiger partial charge in [-0.1, -0.05) is 0 Å². The van der Waals surface area contributed by atoms with Crippen LogP contribution in [0.25, 0.3) is 32.6 Å². The largest absolute Gasteiger partial charge is 0.494 e. The summed E-state index contributed by atoms with van der Waals surface area (Å²) in [6.07, 6.45) is 2.75. The molecule has 2 aromatic carbocycles. The Morgan fingerprint density at radius 2 is 1.82 bits per heavy atom. The summed E-state index contributed by atoms with van der Waals surface area (Å²) in [6.45, 7) is 11.2. The molecular formula is C31H42N6O2. The van der Waals surface area contributed by atoms with E-state index in [2.05, 4.69) is 74.9 Å². The van der Waals surface area contributed by atoms with Crippen LogP contribution in [0.5, 0.6) is 5.75 Å². The maximum atomic E-state index is 13.3. The van der Waals surface area contributed by atoms with Crippen LogP contribution >= 0.6 is 0 Å². The molecule has 1 amide bonds. The van der Waals surface area contributed by atoms with E-state index in [0.717, 1.165) is 84.1 Å². The Balaban J connectivity index is 1.43. The summed E-state index contributed by atoms with van der Waals surface area (Å²) >= 11 is 0. The van der Waals surface area contributed by atoms with E-state index in [1.807, 2.05) is 27.1 Å². The minimum Gasteiger partial charge on any atom is -0.494 e. The molecule has 8 nitrogen and oxygen atoms in total. The van der Waals surface area contributed by atoms with Crippen molar-refractivity contribution in [2.45, 2.75) is 26.3 Å². The van der Waals surface area contributed by atoms with Gasteiger partial charge in [0.05, 0.1) is 12.1 Å². The second-order valence-electron chi connectivity index (χ2n) is 11.4. The summed E-state index contributed by atoms with van der Waals surface area (Å²) in [5, 5.41) is 7.29. The molecule has 4 aromatic rings. The standard InChI is InChI=1S/C31H42N6O2/c1-21(20-34(3)4)33-31(38)29-26-19-27-25-18-23(39-17-7-12-37-15-13-35(5)14-16-37)8-9-28(25)36(6)30(27)22(2)24(26)10-11-32-29/h8-11,18-19,21H,7,12-17,20H2,1-6H3,(H,33,38)/t21-/m1/s1. The average molecular weight is 531 g/mol. The highest BCUT2D eigenvalue weighted by Gasteiger charge is 2.20. The zero-order valence-corrected chi connectivity index (χ0v) is 24.3. The van der Waals surface area contributed by atoms with Gasteiger partial charge in [-0.3, -0.25) is 9.78 Å². The molecule has 8 heteroatoms. The van der Waals surface area contributed by atoms with Crippen LogP contribution in [0.4, 0.5) is 0 Å². The number of piperazine rings is 1. The number of carbonyl (C=O) groups excluding carboxylic acids is 1. The van der Waals surface area contributed by atoms with E-state index >= 15 is 0 Å². The predicted molar refractivity (Wildman–Crippen MR) is 160 cm³/mol. The summed E-state index contributed by atoms with van der Waals surface area (Å²) in [5.74, 6) is 0.742. The van der Waals surface area contributed by atoms with Gasteiger partial charge in [-0.2, -0.15) is 0 Å². The number of hydrogen-bond acceptors (Lipinski definition) is 6. The summed E-state index contributed by atoms with van der Waals surface area (Å²) in [7, 11) is 8.31. The molecule has 1 atom stereocenters. The Labute approximate surface area is 231 Å². The van der Waals surface area contributed by atoms with Gasteiger partial charge >= 0.3 is 0 Å². The fourth-order valence-corrected chi connectivity index (χ4v) is 5.98. The monoisotopic (exact) mass is 530 g/mol. The van der Waals surface area contributed by atoms with Crippen molar-refractivity contribution in [3.8, 4) is 5.75 Å². The lowest BCUT2D eigenvalue weighted by Crippen LogP contribution is -2.44. The van der Waals surface area contributed by atoms with Gasteiger partial charge in [0.1, 0.15) is 11.4 Å². The van der Waals surface area contributed by atoms with E-state index in [9.17, 15) is 4.79 Å². The Kier molecular flexibility index (Phi) is 8.07. The first-order chi connectivity index (χ1) is 18.7. The lowest BCUT2D eigenvalue weighted by molar-refractivity contribution is 0.0931. The molecule has 39 heavy (non-hydrogen) atoms. The van der Waals surface area contributed by atoms with Gasteiger partial charge in [0.2, 0.25) is 0 Å². The molecule has 208 valence electrons. The van der Waals surface area contributed by atoms with Crippen molar-refractivity contribution in [2.75, 3.05) is 67.0 Å².